The highest BCUT2D eigenvalue weighted by Gasteiger charge is 2.28. The molecule has 8 heteroatoms. The van der Waals surface area contributed by atoms with Crippen LogP contribution in [0.25, 0.3) is 0 Å². The van der Waals surface area contributed by atoms with Crippen LogP contribution in [0, 0.1) is 11.8 Å². The van der Waals surface area contributed by atoms with E-state index in [2.05, 4.69) is 37.5 Å². The van der Waals surface area contributed by atoms with Crippen molar-refractivity contribution in [1.82, 2.24) is 9.80 Å². The van der Waals surface area contributed by atoms with Crippen molar-refractivity contribution < 1.29 is 28.5 Å². The fourth-order valence-electron chi connectivity index (χ4n) is 3.99. The molecule has 0 spiro atoms. The highest BCUT2D eigenvalue weighted by atomic mass is 16.5. The number of carbonyl (C=O) groups excluding carboxylic acids is 2. The van der Waals surface area contributed by atoms with Crippen LogP contribution in [0.1, 0.15) is 53.4 Å². The first-order chi connectivity index (χ1) is 14.4. The number of rotatable bonds is 13. The highest BCUT2D eigenvalue weighted by Crippen LogP contribution is 2.18. The van der Waals surface area contributed by atoms with E-state index in [0.717, 1.165) is 26.3 Å². The van der Waals surface area contributed by atoms with E-state index in [1.54, 1.807) is 0 Å². The van der Waals surface area contributed by atoms with Crippen molar-refractivity contribution in [3.63, 3.8) is 0 Å². The van der Waals surface area contributed by atoms with E-state index in [0.29, 0.717) is 63.8 Å². The van der Waals surface area contributed by atoms with Crippen LogP contribution in [0.2, 0.25) is 0 Å². The zero-order valence-electron chi connectivity index (χ0n) is 19.1. The molecule has 0 N–H and O–H groups in total. The van der Waals surface area contributed by atoms with Gasteiger partial charge in [0.25, 0.3) is 0 Å². The molecule has 2 saturated heterocycles. The van der Waals surface area contributed by atoms with Crippen molar-refractivity contribution >= 4 is 11.9 Å². The van der Waals surface area contributed by atoms with Gasteiger partial charge in [0.2, 0.25) is 0 Å². The van der Waals surface area contributed by atoms with Crippen molar-refractivity contribution in [2.45, 2.75) is 65.8 Å². The van der Waals surface area contributed by atoms with Gasteiger partial charge >= 0.3 is 11.9 Å². The second kappa shape index (κ2) is 13.2. The topological polar surface area (TPSA) is 77.5 Å². The van der Waals surface area contributed by atoms with E-state index >= 15 is 0 Å². The lowest BCUT2D eigenvalue weighted by atomic mass is 10.2. The van der Waals surface area contributed by atoms with Crippen molar-refractivity contribution in [2.75, 3.05) is 52.6 Å². The molecule has 30 heavy (non-hydrogen) atoms. The van der Waals surface area contributed by atoms with Gasteiger partial charge in [0.15, 0.2) is 0 Å². The third kappa shape index (κ3) is 8.49. The summed E-state index contributed by atoms with van der Waals surface area (Å²) >= 11 is 0. The molecular weight excluding hydrogens is 388 g/mol. The zero-order valence-corrected chi connectivity index (χ0v) is 19.1. The third-order valence-corrected chi connectivity index (χ3v) is 5.49. The molecule has 0 aromatic rings. The molecule has 0 bridgehead atoms. The predicted octanol–water partition coefficient (Wildman–Crippen LogP) is 2.26. The summed E-state index contributed by atoms with van der Waals surface area (Å²) in [6.45, 7) is 13.9. The lowest BCUT2D eigenvalue weighted by Crippen LogP contribution is -2.37. The van der Waals surface area contributed by atoms with Gasteiger partial charge in [-0.1, -0.05) is 27.7 Å². The number of hydrogen-bond donors (Lipinski definition) is 0. The van der Waals surface area contributed by atoms with E-state index in [1.165, 1.54) is 0 Å². The highest BCUT2D eigenvalue weighted by molar-refractivity contribution is 5.70. The standard InChI is InChI=1S/C22H40N2O6/c1-17(2)21-23(11-15-29-21)9-13-27-19(25)7-5-6-8-20(26)28-14-10-24-12-16-30-22(24)18(3)4/h17-18,21-22H,5-16H2,1-4H3. The van der Waals surface area contributed by atoms with Gasteiger partial charge in [0, 0.05) is 39.0 Å². The summed E-state index contributed by atoms with van der Waals surface area (Å²) in [5.74, 6) is 0.420. The molecule has 0 radical (unpaired) electrons. The third-order valence-electron chi connectivity index (χ3n) is 5.49. The Morgan fingerprint density at radius 3 is 1.57 bits per heavy atom. The molecule has 2 aliphatic heterocycles. The number of nitrogens with zero attached hydrogens (tertiary/aromatic N) is 2. The molecule has 2 atom stereocenters. The van der Waals surface area contributed by atoms with Gasteiger partial charge in [-0.25, -0.2) is 0 Å². The van der Waals surface area contributed by atoms with Crippen LogP contribution in [0.5, 0.6) is 0 Å². The Hall–Kier alpha value is -1.22. The predicted molar refractivity (Wildman–Crippen MR) is 113 cm³/mol. The Labute approximate surface area is 181 Å². The van der Waals surface area contributed by atoms with Crippen molar-refractivity contribution in [1.29, 1.82) is 0 Å². The van der Waals surface area contributed by atoms with Crippen LogP contribution >= 0.6 is 0 Å². The Kier molecular flexibility index (Phi) is 11.1. The maximum Gasteiger partial charge on any atom is 0.305 e. The molecule has 2 fully saturated rings. The second-order valence-electron chi connectivity index (χ2n) is 8.73. The minimum atomic E-state index is -0.210. The maximum atomic E-state index is 11.9. The largest absolute Gasteiger partial charge is 0.464 e. The zero-order chi connectivity index (χ0) is 21.9. The molecule has 2 unspecified atom stereocenters. The Morgan fingerprint density at radius 2 is 1.20 bits per heavy atom. The van der Waals surface area contributed by atoms with Crippen LogP contribution in [0.4, 0.5) is 0 Å². The summed E-state index contributed by atoms with van der Waals surface area (Å²) in [6.07, 6.45) is 2.15. The SMILES string of the molecule is CC(C)C1OCCN1CCOC(=O)CCCCC(=O)OCCN1CCOC1C(C)C. The number of ether oxygens (including phenoxy) is 4. The van der Waals surface area contributed by atoms with Gasteiger partial charge in [0.05, 0.1) is 13.2 Å². The Morgan fingerprint density at radius 1 is 0.800 bits per heavy atom. The van der Waals surface area contributed by atoms with Crippen molar-refractivity contribution in [2.24, 2.45) is 11.8 Å². The van der Waals surface area contributed by atoms with E-state index in [4.69, 9.17) is 18.9 Å². The first-order valence-corrected chi connectivity index (χ1v) is 11.4. The first kappa shape index (κ1) is 25.0. The molecule has 8 nitrogen and oxygen atoms in total. The first-order valence-electron chi connectivity index (χ1n) is 11.4. The fraction of sp³-hybridized carbons (Fsp3) is 0.909. The normalized spacial score (nSPS) is 22.9. The summed E-state index contributed by atoms with van der Waals surface area (Å²) < 4.78 is 22.0. The van der Waals surface area contributed by atoms with E-state index < -0.39 is 0 Å². The number of carbonyl (C=O) groups is 2. The molecule has 0 aliphatic carbocycles. The average Bonchev–Trinajstić information content (AvgIpc) is 3.34. The van der Waals surface area contributed by atoms with Gasteiger partial charge in [-0.2, -0.15) is 0 Å². The van der Waals surface area contributed by atoms with Crippen LogP contribution in [0.3, 0.4) is 0 Å². The van der Waals surface area contributed by atoms with E-state index in [9.17, 15) is 9.59 Å². The minimum Gasteiger partial charge on any atom is -0.464 e. The van der Waals surface area contributed by atoms with Gasteiger partial charge in [-0.15, -0.1) is 0 Å². The lowest BCUT2D eigenvalue weighted by Gasteiger charge is -2.25. The van der Waals surface area contributed by atoms with Crippen molar-refractivity contribution in [3.05, 3.63) is 0 Å². The van der Waals surface area contributed by atoms with Crippen molar-refractivity contribution in [3.8, 4) is 0 Å². The van der Waals surface area contributed by atoms with Crippen LogP contribution in [-0.4, -0.2) is 86.8 Å². The lowest BCUT2D eigenvalue weighted by molar-refractivity contribution is -0.146. The van der Waals surface area contributed by atoms with Crippen LogP contribution < -0.4 is 0 Å². The average molecular weight is 429 g/mol. The molecule has 0 amide bonds. The second-order valence-corrected chi connectivity index (χ2v) is 8.73. The molecule has 0 aromatic heterocycles. The molecular formula is C22H40N2O6. The van der Waals surface area contributed by atoms with Gasteiger partial charge in [-0.3, -0.25) is 19.4 Å². The monoisotopic (exact) mass is 428 g/mol. The quantitative estimate of drug-likeness (QED) is 0.327. The summed E-state index contributed by atoms with van der Waals surface area (Å²) in [5.41, 5.74) is 0. The smallest absolute Gasteiger partial charge is 0.305 e. The molecule has 174 valence electrons. The summed E-state index contributed by atoms with van der Waals surface area (Å²) in [6, 6.07) is 0. The Balaban J connectivity index is 1.46. The van der Waals surface area contributed by atoms with E-state index in [-0.39, 0.29) is 24.4 Å². The number of unbranched alkanes of at least 4 members (excludes halogenated alkanes) is 1. The van der Waals surface area contributed by atoms with E-state index in [1.807, 2.05) is 0 Å². The minimum absolute atomic E-state index is 0.115. The Bertz CT molecular complexity index is 482. The molecule has 2 aliphatic rings. The fourth-order valence-corrected chi connectivity index (χ4v) is 3.99. The molecule has 0 saturated carbocycles. The summed E-state index contributed by atoms with van der Waals surface area (Å²) in [5, 5.41) is 0. The number of esters is 2. The summed E-state index contributed by atoms with van der Waals surface area (Å²) in [4.78, 5) is 28.2. The molecule has 0 aromatic carbocycles. The molecule has 2 rings (SSSR count). The van der Waals surface area contributed by atoms with Gasteiger partial charge in [-0.05, 0) is 24.7 Å². The van der Waals surface area contributed by atoms with Gasteiger partial charge < -0.3 is 18.9 Å². The summed E-state index contributed by atoms with van der Waals surface area (Å²) in [7, 11) is 0. The molecule has 2 heterocycles. The van der Waals surface area contributed by atoms with Crippen LogP contribution in [0.15, 0.2) is 0 Å². The van der Waals surface area contributed by atoms with Crippen LogP contribution in [-0.2, 0) is 28.5 Å². The van der Waals surface area contributed by atoms with Gasteiger partial charge in [0.1, 0.15) is 25.7 Å². The number of hydrogen-bond acceptors (Lipinski definition) is 8. The maximum absolute atomic E-state index is 11.9.